The Labute approximate surface area is 93.1 Å². The second kappa shape index (κ2) is 2.98. The number of para-hydroxylation sites is 2. The zero-order chi connectivity index (χ0) is 11.3. The van der Waals surface area contributed by atoms with Gasteiger partial charge in [0.1, 0.15) is 5.60 Å². The van der Waals surface area contributed by atoms with Crippen molar-refractivity contribution in [2.24, 2.45) is 7.05 Å². The van der Waals surface area contributed by atoms with Crippen LogP contribution in [0, 0.1) is 0 Å². The quantitative estimate of drug-likeness (QED) is 0.709. The maximum Gasteiger partial charge on any atom is 0.328 e. The van der Waals surface area contributed by atoms with Crippen LogP contribution in [0.1, 0.15) is 6.92 Å². The molecule has 4 nitrogen and oxygen atoms in total. The number of imidazole rings is 1. The van der Waals surface area contributed by atoms with E-state index in [1.165, 1.54) is 0 Å². The van der Waals surface area contributed by atoms with Crippen molar-refractivity contribution in [1.29, 1.82) is 0 Å². The van der Waals surface area contributed by atoms with Crippen LogP contribution in [0.4, 0.5) is 0 Å². The van der Waals surface area contributed by atoms with Crippen LogP contribution >= 0.6 is 0 Å². The molecule has 16 heavy (non-hydrogen) atoms. The summed E-state index contributed by atoms with van der Waals surface area (Å²) in [7, 11) is 1.80. The fourth-order valence-electron chi connectivity index (χ4n) is 2.06. The summed E-state index contributed by atoms with van der Waals surface area (Å²) in [5.41, 5.74) is 1.83. The minimum Gasteiger partial charge on any atom is -0.368 e. The van der Waals surface area contributed by atoms with Gasteiger partial charge in [-0.15, -0.1) is 0 Å². The molecule has 0 N–H and O–H groups in total. The normalized spacial score (nSPS) is 23.9. The van der Waals surface area contributed by atoms with Crippen LogP contribution in [0.15, 0.2) is 29.1 Å². The van der Waals surface area contributed by atoms with Crippen molar-refractivity contribution in [3.8, 4) is 0 Å². The molecule has 2 aromatic rings. The first-order chi connectivity index (χ1) is 7.61. The van der Waals surface area contributed by atoms with E-state index in [0.29, 0.717) is 6.54 Å². The fourth-order valence-corrected chi connectivity index (χ4v) is 2.06. The Morgan fingerprint density at radius 2 is 2.00 bits per heavy atom. The highest BCUT2D eigenvalue weighted by molar-refractivity contribution is 5.75. The van der Waals surface area contributed by atoms with E-state index in [1.54, 1.807) is 16.2 Å². The smallest absolute Gasteiger partial charge is 0.328 e. The number of nitrogens with zero attached hydrogens (tertiary/aromatic N) is 2. The highest BCUT2D eigenvalue weighted by atomic mass is 16.6. The zero-order valence-corrected chi connectivity index (χ0v) is 9.43. The van der Waals surface area contributed by atoms with E-state index in [2.05, 4.69) is 0 Å². The van der Waals surface area contributed by atoms with Crippen LogP contribution in [0.25, 0.3) is 11.0 Å². The molecule has 0 amide bonds. The van der Waals surface area contributed by atoms with Gasteiger partial charge < -0.3 is 4.74 Å². The Morgan fingerprint density at radius 3 is 2.62 bits per heavy atom. The molecule has 84 valence electrons. The van der Waals surface area contributed by atoms with Gasteiger partial charge in [0.25, 0.3) is 0 Å². The number of aromatic nitrogens is 2. The van der Waals surface area contributed by atoms with Crippen LogP contribution in [0.3, 0.4) is 0 Å². The van der Waals surface area contributed by atoms with Crippen LogP contribution in [0.2, 0.25) is 0 Å². The number of epoxide rings is 1. The Kier molecular flexibility index (Phi) is 1.80. The number of hydrogen-bond acceptors (Lipinski definition) is 2. The predicted octanol–water partition coefficient (Wildman–Crippen LogP) is 1.13. The van der Waals surface area contributed by atoms with Crippen LogP contribution < -0.4 is 5.69 Å². The number of ether oxygens (including phenoxy) is 1. The van der Waals surface area contributed by atoms with Crippen LogP contribution in [-0.4, -0.2) is 21.3 Å². The van der Waals surface area contributed by atoms with Crippen LogP contribution in [0.5, 0.6) is 0 Å². The first-order valence-corrected chi connectivity index (χ1v) is 5.39. The molecule has 0 bridgehead atoms. The monoisotopic (exact) mass is 218 g/mol. The van der Waals surface area contributed by atoms with Crippen molar-refractivity contribution >= 4 is 11.0 Å². The molecule has 1 unspecified atom stereocenters. The second-order valence-electron chi connectivity index (χ2n) is 4.66. The molecule has 1 aliphatic rings. The van der Waals surface area contributed by atoms with E-state index in [4.69, 9.17) is 4.74 Å². The lowest BCUT2D eigenvalue weighted by Crippen LogP contribution is -2.27. The molecular formula is C12H14N2O2. The summed E-state index contributed by atoms with van der Waals surface area (Å²) in [5, 5.41) is 0. The van der Waals surface area contributed by atoms with Gasteiger partial charge in [-0.25, -0.2) is 4.79 Å². The van der Waals surface area contributed by atoms with Crippen molar-refractivity contribution in [3.63, 3.8) is 0 Å². The lowest BCUT2D eigenvalue weighted by molar-refractivity contribution is 0.293. The number of rotatable bonds is 2. The van der Waals surface area contributed by atoms with Gasteiger partial charge >= 0.3 is 5.69 Å². The Bertz CT molecular complexity index is 605. The topological polar surface area (TPSA) is 39.5 Å². The van der Waals surface area contributed by atoms with E-state index < -0.39 is 0 Å². The number of fused-ring (bicyclic) bond motifs is 1. The summed E-state index contributed by atoms with van der Waals surface area (Å²) in [6.45, 7) is 3.40. The lowest BCUT2D eigenvalue weighted by Gasteiger charge is -2.06. The first kappa shape index (κ1) is 9.66. The molecule has 2 heterocycles. The van der Waals surface area contributed by atoms with E-state index in [1.807, 2.05) is 31.2 Å². The third-order valence-corrected chi connectivity index (χ3v) is 3.18. The molecule has 1 saturated heterocycles. The average molecular weight is 218 g/mol. The lowest BCUT2D eigenvalue weighted by atomic mass is 10.2. The molecule has 1 atom stereocenters. The van der Waals surface area contributed by atoms with Gasteiger partial charge in [0.2, 0.25) is 0 Å². The number of benzene rings is 1. The van der Waals surface area contributed by atoms with Crippen molar-refractivity contribution < 1.29 is 4.74 Å². The maximum absolute atomic E-state index is 12.1. The Balaban J connectivity index is 2.23. The van der Waals surface area contributed by atoms with Gasteiger partial charge in [-0.05, 0) is 19.1 Å². The van der Waals surface area contributed by atoms with Gasteiger partial charge in [0.05, 0.1) is 24.2 Å². The molecule has 1 fully saturated rings. The second-order valence-corrected chi connectivity index (χ2v) is 4.66. The number of hydrogen-bond donors (Lipinski definition) is 0. The Morgan fingerprint density at radius 1 is 1.38 bits per heavy atom. The largest absolute Gasteiger partial charge is 0.368 e. The van der Waals surface area contributed by atoms with Gasteiger partial charge in [-0.1, -0.05) is 12.1 Å². The van der Waals surface area contributed by atoms with E-state index in [-0.39, 0.29) is 11.3 Å². The number of aryl methyl sites for hydroxylation is 1. The van der Waals surface area contributed by atoms with Gasteiger partial charge in [-0.2, -0.15) is 0 Å². The molecule has 0 spiro atoms. The van der Waals surface area contributed by atoms with Gasteiger partial charge in [0.15, 0.2) is 0 Å². The highest BCUT2D eigenvalue weighted by Crippen LogP contribution is 2.28. The fraction of sp³-hybridized carbons (Fsp3) is 0.417. The molecule has 3 rings (SSSR count). The van der Waals surface area contributed by atoms with Crippen molar-refractivity contribution in [2.45, 2.75) is 19.1 Å². The molecule has 1 aromatic heterocycles. The van der Waals surface area contributed by atoms with Gasteiger partial charge in [0, 0.05) is 7.05 Å². The Hall–Kier alpha value is -1.55. The minimum absolute atomic E-state index is 0.0259. The predicted molar refractivity (Wildman–Crippen MR) is 61.5 cm³/mol. The molecule has 1 aliphatic heterocycles. The summed E-state index contributed by atoms with van der Waals surface area (Å²) in [4.78, 5) is 12.1. The average Bonchev–Trinajstić information content (AvgIpc) is 2.97. The zero-order valence-electron chi connectivity index (χ0n) is 9.43. The maximum atomic E-state index is 12.1. The van der Waals surface area contributed by atoms with Crippen molar-refractivity contribution in [3.05, 3.63) is 34.7 Å². The first-order valence-electron chi connectivity index (χ1n) is 5.39. The van der Waals surface area contributed by atoms with Gasteiger partial charge in [-0.3, -0.25) is 9.13 Å². The minimum atomic E-state index is -0.145. The molecule has 0 aliphatic carbocycles. The summed E-state index contributed by atoms with van der Waals surface area (Å²) in [6.07, 6.45) is 0. The molecule has 1 aromatic carbocycles. The standard InChI is InChI=1S/C12H14N2O2/c1-12(8-16-12)7-14-10-6-4-3-5-9(10)13(2)11(14)15/h3-6H,7-8H2,1-2H3. The molecule has 4 heteroatoms. The third kappa shape index (κ3) is 1.30. The van der Waals surface area contributed by atoms with Crippen molar-refractivity contribution in [1.82, 2.24) is 9.13 Å². The SMILES string of the molecule is Cn1c(=O)n(CC2(C)CO2)c2ccccc21. The molecular weight excluding hydrogens is 204 g/mol. The summed E-state index contributed by atoms with van der Waals surface area (Å²) >= 11 is 0. The van der Waals surface area contributed by atoms with E-state index in [9.17, 15) is 4.79 Å². The van der Waals surface area contributed by atoms with Crippen molar-refractivity contribution in [2.75, 3.05) is 6.61 Å². The third-order valence-electron chi connectivity index (χ3n) is 3.18. The van der Waals surface area contributed by atoms with E-state index >= 15 is 0 Å². The summed E-state index contributed by atoms with van der Waals surface area (Å²) in [5.74, 6) is 0. The van der Waals surface area contributed by atoms with E-state index in [0.717, 1.165) is 17.6 Å². The molecule has 0 radical (unpaired) electrons. The highest BCUT2D eigenvalue weighted by Gasteiger charge is 2.40. The summed E-state index contributed by atoms with van der Waals surface area (Å²) in [6, 6.07) is 7.83. The van der Waals surface area contributed by atoms with Crippen LogP contribution in [-0.2, 0) is 18.3 Å². The summed E-state index contributed by atoms with van der Waals surface area (Å²) < 4.78 is 8.82. The molecule has 0 saturated carbocycles.